The van der Waals surface area contributed by atoms with E-state index in [1.54, 1.807) is 6.33 Å². The second-order valence-electron chi connectivity index (χ2n) is 2.90. The molecule has 72 valence electrons. The van der Waals surface area contributed by atoms with Gasteiger partial charge in [-0.3, -0.25) is 0 Å². The molecule has 1 N–H and O–H groups in total. The Hall–Kier alpha value is -1.19. The molecule has 0 spiro atoms. The Morgan fingerprint density at radius 3 is 2.77 bits per heavy atom. The Labute approximate surface area is 78.8 Å². The zero-order valence-electron chi connectivity index (χ0n) is 8.25. The van der Waals surface area contributed by atoms with Crippen LogP contribution in [0.2, 0.25) is 0 Å². The molecule has 4 heteroatoms. The number of hydrogen-bond donors (Lipinski definition) is 1. The van der Waals surface area contributed by atoms with Gasteiger partial charge in [0.25, 0.3) is 0 Å². The molecule has 0 aliphatic carbocycles. The van der Waals surface area contributed by atoms with E-state index in [0.29, 0.717) is 5.95 Å². The third kappa shape index (κ3) is 3.36. The molecule has 1 aromatic rings. The normalized spacial score (nSPS) is 10.0. The topological polar surface area (TPSA) is 50.7 Å². The van der Waals surface area contributed by atoms with Crippen molar-refractivity contribution >= 4 is 5.95 Å². The standard InChI is InChI=1S/C9H16N4/c1-3-5-8-11-7-12-9(13-8)10-6-4-2/h7H,3-6H2,1-2H3,(H,10,11,12,13). The maximum Gasteiger partial charge on any atom is 0.225 e. The maximum absolute atomic E-state index is 4.27. The van der Waals surface area contributed by atoms with E-state index in [9.17, 15) is 0 Å². The minimum atomic E-state index is 0.695. The van der Waals surface area contributed by atoms with Gasteiger partial charge in [0.15, 0.2) is 0 Å². The van der Waals surface area contributed by atoms with Crippen LogP contribution in [0.3, 0.4) is 0 Å². The van der Waals surface area contributed by atoms with Gasteiger partial charge in [-0.25, -0.2) is 9.97 Å². The first kappa shape index (κ1) is 9.89. The molecule has 1 heterocycles. The molecule has 0 bridgehead atoms. The molecular formula is C9H16N4. The van der Waals surface area contributed by atoms with E-state index in [0.717, 1.165) is 31.6 Å². The van der Waals surface area contributed by atoms with Crippen LogP contribution in [0.25, 0.3) is 0 Å². The van der Waals surface area contributed by atoms with Crippen molar-refractivity contribution in [1.82, 2.24) is 15.0 Å². The summed E-state index contributed by atoms with van der Waals surface area (Å²) in [4.78, 5) is 12.4. The molecule has 0 aliphatic heterocycles. The molecule has 0 saturated carbocycles. The van der Waals surface area contributed by atoms with E-state index in [1.807, 2.05) is 0 Å². The van der Waals surface area contributed by atoms with Gasteiger partial charge >= 0.3 is 0 Å². The average Bonchev–Trinajstić information content (AvgIpc) is 2.16. The summed E-state index contributed by atoms with van der Waals surface area (Å²) in [6.07, 6.45) is 4.63. The van der Waals surface area contributed by atoms with E-state index in [4.69, 9.17) is 0 Å². The molecule has 0 radical (unpaired) electrons. The van der Waals surface area contributed by atoms with Crippen LogP contribution in [0.5, 0.6) is 0 Å². The van der Waals surface area contributed by atoms with Crippen LogP contribution in [0, 0.1) is 0 Å². The van der Waals surface area contributed by atoms with Gasteiger partial charge < -0.3 is 5.32 Å². The van der Waals surface area contributed by atoms with E-state index in [2.05, 4.69) is 34.1 Å². The molecule has 0 aromatic carbocycles. The number of hydrogen-bond acceptors (Lipinski definition) is 4. The van der Waals surface area contributed by atoms with Crippen molar-refractivity contribution in [1.29, 1.82) is 0 Å². The lowest BCUT2D eigenvalue weighted by Crippen LogP contribution is -2.06. The summed E-state index contributed by atoms with van der Waals surface area (Å²) in [7, 11) is 0. The van der Waals surface area contributed by atoms with Crippen molar-refractivity contribution in [3.05, 3.63) is 12.2 Å². The van der Waals surface area contributed by atoms with Crippen molar-refractivity contribution < 1.29 is 0 Å². The zero-order valence-corrected chi connectivity index (χ0v) is 8.25. The Bertz CT molecular complexity index is 249. The Balaban J connectivity index is 2.56. The molecule has 0 aliphatic rings. The van der Waals surface area contributed by atoms with Crippen molar-refractivity contribution in [2.75, 3.05) is 11.9 Å². The molecule has 0 atom stereocenters. The average molecular weight is 180 g/mol. The number of aryl methyl sites for hydroxylation is 1. The minimum absolute atomic E-state index is 0.695. The van der Waals surface area contributed by atoms with Gasteiger partial charge in [-0.2, -0.15) is 4.98 Å². The van der Waals surface area contributed by atoms with Crippen LogP contribution in [0.15, 0.2) is 6.33 Å². The van der Waals surface area contributed by atoms with Crippen LogP contribution < -0.4 is 5.32 Å². The van der Waals surface area contributed by atoms with Crippen LogP contribution in [-0.4, -0.2) is 21.5 Å². The number of rotatable bonds is 5. The highest BCUT2D eigenvalue weighted by Crippen LogP contribution is 1.99. The van der Waals surface area contributed by atoms with Gasteiger partial charge in [-0.15, -0.1) is 0 Å². The van der Waals surface area contributed by atoms with Gasteiger partial charge in [-0.05, 0) is 12.8 Å². The molecule has 1 aromatic heterocycles. The monoisotopic (exact) mass is 180 g/mol. The predicted octanol–water partition coefficient (Wildman–Crippen LogP) is 1.65. The fourth-order valence-corrected chi connectivity index (χ4v) is 0.996. The molecule has 13 heavy (non-hydrogen) atoms. The van der Waals surface area contributed by atoms with Crippen LogP contribution in [0.4, 0.5) is 5.95 Å². The molecular weight excluding hydrogens is 164 g/mol. The van der Waals surface area contributed by atoms with Crippen molar-refractivity contribution in [2.24, 2.45) is 0 Å². The first-order valence-electron chi connectivity index (χ1n) is 4.78. The number of anilines is 1. The largest absolute Gasteiger partial charge is 0.354 e. The first-order chi connectivity index (χ1) is 6.36. The Morgan fingerprint density at radius 1 is 1.23 bits per heavy atom. The van der Waals surface area contributed by atoms with Crippen LogP contribution in [0.1, 0.15) is 32.5 Å². The van der Waals surface area contributed by atoms with Crippen LogP contribution >= 0.6 is 0 Å². The smallest absolute Gasteiger partial charge is 0.225 e. The molecule has 4 nitrogen and oxygen atoms in total. The van der Waals surface area contributed by atoms with E-state index < -0.39 is 0 Å². The fraction of sp³-hybridized carbons (Fsp3) is 0.667. The SMILES string of the molecule is CCCNc1ncnc(CCC)n1. The number of aromatic nitrogens is 3. The summed E-state index contributed by atoms with van der Waals surface area (Å²) in [6.45, 7) is 5.14. The molecule has 1 rings (SSSR count). The van der Waals surface area contributed by atoms with E-state index in [1.165, 1.54) is 0 Å². The van der Waals surface area contributed by atoms with Crippen LogP contribution in [-0.2, 0) is 6.42 Å². The second kappa shape index (κ2) is 5.45. The summed E-state index contributed by atoms with van der Waals surface area (Å²) in [5.74, 6) is 1.57. The quantitative estimate of drug-likeness (QED) is 0.748. The van der Waals surface area contributed by atoms with Crippen molar-refractivity contribution in [3.8, 4) is 0 Å². The summed E-state index contributed by atoms with van der Waals surface area (Å²) < 4.78 is 0. The van der Waals surface area contributed by atoms with E-state index in [-0.39, 0.29) is 0 Å². The van der Waals surface area contributed by atoms with Crippen molar-refractivity contribution in [3.63, 3.8) is 0 Å². The highest BCUT2D eigenvalue weighted by Gasteiger charge is 1.97. The first-order valence-corrected chi connectivity index (χ1v) is 4.78. The highest BCUT2D eigenvalue weighted by atomic mass is 15.1. The van der Waals surface area contributed by atoms with Gasteiger partial charge in [-0.1, -0.05) is 13.8 Å². The fourth-order valence-electron chi connectivity index (χ4n) is 0.996. The Morgan fingerprint density at radius 2 is 2.08 bits per heavy atom. The lowest BCUT2D eigenvalue weighted by atomic mass is 10.3. The third-order valence-corrected chi connectivity index (χ3v) is 1.63. The number of nitrogens with one attached hydrogen (secondary N) is 1. The van der Waals surface area contributed by atoms with E-state index >= 15 is 0 Å². The number of nitrogens with zero attached hydrogens (tertiary/aromatic N) is 3. The summed E-state index contributed by atoms with van der Waals surface area (Å²) in [6, 6.07) is 0. The minimum Gasteiger partial charge on any atom is -0.354 e. The molecule has 0 unspecified atom stereocenters. The zero-order chi connectivity index (χ0) is 9.52. The van der Waals surface area contributed by atoms with Gasteiger partial charge in [0.1, 0.15) is 12.2 Å². The molecule has 0 saturated heterocycles. The highest BCUT2D eigenvalue weighted by molar-refractivity contribution is 5.21. The lowest BCUT2D eigenvalue weighted by Gasteiger charge is -2.02. The summed E-state index contributed by atoms with van der Waals surface area (Å²) in [5.41, 5.74) is 0. The van der Waals surface area contributed by atoms with Gasteiger partial charge in [0.2, 0.25) is 5.95 Å². The third-order valence-electron chi connectivity index (χ3n) is 1.63. The van der Waals surface area contributed by atoms with Crippen molar-refractivity contribution in [2.45, 2.75) is 33.1 Å². The summed E-state index contributed by atoms with van der Waals surface area (Å²) in [5, 5.41) is 3.13. The maximum atomic E-state index is 4.27. The lowest BCUT2D eigenvalue weighted by molar-refractivity contribution is 0.812. The van der Waals surface area contributed by atoms with Gasteiger partial charge in [0, 0.05) is 13.0 Å². The van der Waals surface area contributed by atoms with Gasteiger partial charge in [0.05, 0.1) is 0 Å². The predicted molar refractivity (Wildman–Crippen MR) is 52.6 cm³/mol. The second-order valence-corrected chi connectivity index (χ2v) is 2.90. The Kier molecular flexibility index (Phi) is 4.15. The molecule has 0 amide bonds. The molecule has 0 fully saturated rings. The summed E-state index contributed by atoms with van der Waals surface area (Å²) >= 11 is 0.